The largest absolute Gasteiger partial charge is 0.477 e. The predicted molar refractivity (Wildman–Crippen MR) is 347 cm³/mol. The quantitative estimate of drug-likeness (QED) is 0.0354. The number of likely N-dealkylation sites (tertiary alicyclic amines) is 3. The van der Waals surface area contributed by atoms with Crippen molar-refractivity contribution < 1.29 is 38.6 Å². The number of likely N-dealkylation sites (N-methyl/N-ethyl adjacent to an activating group) is 1. The third-order valence-electron chi connectivity index (χ3n) is 18.4. The number of carboxylic acids is 1. The number of amides is 6. The summed E-state index contributed by atoms with van der Waals surface area (Å²) in [6.07, 6.45) is 13.5. The fourth-order valence-corrected chi connectivity index (χ4v) is 14.5. The van der Waals surface area contributed by atoms with Crippen LogP contribution in [0.25, 0.3) is 44.1 Å². The average Bonchev–Trinajstić information content (AvgIpc) is 1.75. The minimum absolute atomic E-state index is 0.00345. The molecule has 4 aliphatic rings. The molecule has 7 heterocycles. The van der Waals surface area contributed by atoms with Crippen molar-refractivity contribution in [3.05, 3.63) is 143 Å². The molecule has 0 spiro atoms. The van der Waals surface area contributed by atoms with Gasteiger partial charge in [0, 0.05) is 55.8 Å². The number of alkyl carbamates (subject to hydrolysis) is 1. The number of anilines is 1. The Morgan fingerprint density at radius 1 is 0.700 bits per heavy atom. The number of piperidine rings is 1. The molecular formula is C68H79ClN12O8S. The summed E-state index contributed by atoms with van der Waals surface area (Å²) in [6, 6.07) is 29.2. The van der Waals surface area contributed by atoms with Gasteiger partial charge < -0.3 is 50.0 Å². The Morgan fingerprint density at radius 2 is 1.29 bits per heavy atom. The summed E-state index contributed by atoms with van der Waals surface area (Å²) in [5.74, 6) is 0.433. The maximum Gasteiger partial charge on any atom is 0.407 e. The molecule has 0 bridgehead atoms. The van der Waals surface area contributed by atoms with E-state index in [0.29, 0.717) is 93.8 Å². The number of carboxylic acid groups (broad SMARTS) is 1. The van der Waals surface area contributed by atoms with E-state index < -0.39 is 24.1 Å². The Labute approximate surface area is 533 Å². The number of carbonyl (C=O) groups is 6. The third-order valence-corrected chi connectivity index (χ3v) is 19.7. The molecule has 1 saturated carbocycles. The Balaban J connectivity index is 0.665. The number of nitrogens with zero attached hydrogens (tertiary/aromatic N) is 8. The number of ether oxygens (including phenoxy) is 1. The molecule has 4 atom stereocenters. The van der Waals surface area contributed by atoms with Crippen LogP contribution in [-0.2, 0) is 19.1 Å². The summed E-state index contributed by atoms with van der Waals surface area (Å²) in [5.41, 5.74) is 7.76. The summed E-state index contributed by atoms with van der Waals surface area (Å²) in [6.45, 7) is 4.48. The number of urea groups is 1. The van der Waals surface area contributed by atoms with E-state index in [1.54, 1.807) is 33.2 Å². The number of hydrogen-bond donors (Lipinski definition) is 5. The molecule has 1 aliphatic carbocycles. The average molecular weight is 1260 g/mol. The summed E-state index contributed by atoms with van der Waals surface area (Å²) in [7, 11) is 5.05. The number of pyridine rings is 1. The van der Waals surface area contributed by atoms with Crippen molar-refractivity contribution in [3.63, 3.8) is 0 Å². The van der Waals surface area contributed by atoms with Gasteiger partial charge >= 0.3 is 18.1 Å². The zero-order valence-corrected chi connectivity index (χ0v) is 53.0. The number of aromatic carboxylic acids is 1. The van der Waals surface area contributed by atoms with E-state index in [0.717, 1.165) is 100 Å². The SMILES string of the molecule is COC(=O)N[C@@H](CCCCNC(=O)N1CCC(N(C(=O)C2CCC(C)CC2)c2cc(-c3ccccc3)sc2C(=O)O)CC1)C(=O)N1CCC[C@H]1c1ncc(-c2ccc(-c3ccc(-c4cnc([C@@H]5CCCN5C(=O)C(c5ccc(Cl)nc5)N(C)C)[nH]4)cc3)cc2)[nH]1. The van der Waals surface area contributed by atoms with Crippen LogP contribution in [0, 0.1) is 11.8 Å². The summed E-state index contributed by atoms with van der Waals surface area (Å²) in [4.78, 5) is 113. The van der Waals surface area contributed by atoms with Crippen LogP contribution >= 0.6 is 22.9 Å². The van der Waals surface area contributed by atoms with Crippen molar-refractivity contribution in [3.8, 4) is 44.1 Å². The standard InChI is InChI=1S/C68H79ClN12O8S/c1-42-17-19-48(20-18-42)63(82)81(56-38-57(90-60(56)66(85)86)47-12-6-5-7-13-47)50-31-36-78(37-32-50)67(87)70-33-9-8-14-51(76-68(88)89-4)64(83)79-34-10-15-54(79)61-72-40-52(74-61)45-25-21-43(22-26-45)44-23-27-46(28-24-44)53-41-73-62(75-53)55-16-11-35-80(55)65(84)59(77(2)3)49-29-30-58(69)71-39-49/h5-7,12-13,21-30,38-42,48,50-51,54-55,59H,8-11,14-20,31-37H2,1-4H3,(H,70,87)(H,72,74)(H,73,75)(H,76,88)(H,85,86)/t42?,48?,51-,54-,55-,59?/m0/s1. The number of imidazole rings is 2. The summed E-state index contributed by atoms with van der Waals surface area (Å²) in [5, 5.41) is 16.6. The molecule has 11 rings (SSSR count). The first-order valence-corrected chi connectivity index (χ1v) is 32.6. The first-order valence-electron chi connectivity index (χ1n) is 31.4. The number of thiophene rings is 1. The second-order valence-electron chi connectivity index (χ2n) is 24.5. The number of aromatic amines is 2. The molecule has 22 heteroatoms. The number of benzene rings is 3. The molecule has 5 N–H and O–H groups in total. The fourth-order valence-electron chi connectivity index (χ4n) is 13.4. The lowest BCUT2D eigenvalue weighted by atomic mass is 9.82. The van der Waals surface area contributed by atoms with Gasteiger partial charge in [-0.1, -0.05) is 103 Å². The number of unbranched alkanes of at least 4 members (excludes halogenated alkanes) is 1. The number of hydrogen-bond acceptors (Lipinski definition) is 12. The van der Waals surface area contributed by atoms with E-state index >= 15 is 0 Å². The number of carbonyl (C=O) groups excluding carboxylic acids is 5. The van der Waals surface area contributed by atoms with Crippen LogP contribution in [0.1, 0.15) is 135 Å². The zero-order chi connectivity index (χ0) is 63.0. The van der Waals surface area contributed by atoms with Gasteiger partial charge in [0.05, 0.1) is 48.7 Å². The fraction of sp³-hybridized carbons (Fsp3) is 0.426. The van der Waals surface area contributed by atoms with Crippen LogP contribution < -0.4 is 15.5 Å². The first-order chi connectivity index (χ1) is 43.6. The molecule has 90 heavy (non-hydrogen) atoms. The maximum atomic E-state index is 14.5. The van der Waals surface area contributed by atoms with Gasteiger partial charge in [0.2, 0.25) is 17.7 Å². The van der Waals surface area contributed by atoms with Crippen molar-refractivity contribution in [2.75, 3.05) is 58.8 Å². The summed E-state index contributed by atoms with van der Waals surface area (Å²) >= 11 is 7.25. The lowest BCUT2D eigenvalue weighted by Crippen LogP contribution is -2.52. The molecular weight excluding hydrogens is 1180 g/mol. The molecule has 20 nitrogen and oxygen atoms in total. The smallest absolute Gasteiger partial charge is 0.407 e. The highest BCUT2D eigenvalue weighted by Crippen LogP contribution is 2.42. The highest BCUT2D eigenvalue weighted by atomic mass is 35.5. The van der Waals surface area contributed by atoms with Gasteiger partial charge in [-0.25, -0.2) is 29.3 Å². The lowest BCUT2D eigenvalue weighted by molar-refractivity contribution is -0.137. The van der Waals surface area contributed by atoms with Crippen molar-refractivity contribution in [2.45, 2.75) is 121 Å². The minimum Gasteiger partial charge on any atom is -0.477 e. The van der Waals surface area contributed by atoms with Gasteiger partial charge in [-0.2, -0.15) is 0 Å². The van der Waals surface area contributed by atoms with Crippen LogP contribution in [0.15, 0.2) is 116 Å². The Hall–Kier alpha value is -8.40. The molecule has 4 aromatic heterocycles. The molecule has 3 aliphatic heterocycles. The van der Waals surface area contributed by atoms with Crippen LogP contribution in [0.4, 0.5) is 15.3 Å². The minimum atomic E-state index is -1.07. The monoisotopic (exact) mass is 1260 g/mol. The highest BCUT2D eigenvalue weighted by molar-refractivity contribution is 7.18. The number of H-pyrrole nitrogens is 2. The molecule has 472 valence electrons. The molecule has 3 aromatic carbocycles. The number of methoxy groups -OCH3 is 1. The van der Waals surface area contributed by atoms with Gasteiger partial charge in [0.1, 0.15) is 33.8 Å². The number of nitrogens with one attached hydrogen (secondary N) is 4. The Kier molecular flexibility index (Phi) is 20.1. The van der Waals surface area contributed by atoms with Crippen molar-refractivity contribution in [2.24, 2.45) is 11.8 Å². The summed E-state index contributed by atoms with van der Waals surface area (Å²) < 4.78 is 4.96. The van der Waals surface area contributed by atoms with E-state index in [4.69, 9.17) is 26.3 Å². The van der Waals surface area contributed by atoms with Crippen LogP contribution in [0.2, 0.25) is 5.15 Å². The van der Waals surface area contributed by atoms with E-state index in [2.05, 4.69) is 68.9 Å². The first kappa shape index (κ1) is 63.2. The second kappa shape index (κ2) is 28.6. The molecule has 7 aromatic rings. The van der Waals surface area contributed by atoms with Crippen LogP contribution in [-0.4, -0.2) is 151 Å². The van der Waals surface area contributed by atoms with E-state index in [1.165, 1.54) is 18.4 Å². The van der Waals surface area contributed by atoms with Crippen LogP contribution in [0.3, 0.4) is 0 Å². The molecule has 3 saturated heterocycles. The van der Waals surface area contributed by atoms with Crippen LogP contribution in [0.5, 0.6) is 0 Å². The van der Waals surface area contributed by atoms with Gasteiger partial charge in [-0.05, 0) is 149 Å². The van der Waals surface area contributed by atoms with Gasteiger partial charge in [-0.15, -0.1) is 11.3 Å². The van der Waals surface area contributed by atoms with E-state index in [9.17, 15) is 33.9 Å². The topological polar surface area (TPSA) is 242 Å². The number of halogens is 1. The molecule has 0 radical (unpaired) electrons. The van der Waals surface area contributed by atoms with Gasteiger partial charge in [-0.3, -0.25) is 19.3 Å². The van der Waals surface area contributed by atoms with Gasteiger partial charge in [0.15, 0.2) is 0 Å². The second-order valence-corrected chi connectivity index (χ2v) is 25.9. The van der Waals surface area contributed by atoms with Crippen molar-refractivity contribution in [1.29, 1.82) is 0 Å². The van der Waals surface area contributed by atoms with Gasteiger partial charge in [0.25, 0.3) is 0 Å². The normalized spacial score (nSPS) is 19.4. The Bertz CT molecular complexity index is 3640. The molecule has 1 unspecified atom stereocenters. The molecule has 6 amide bonds. The van der Waals surface area contributed by atoms with E-state index in [1.807, 2.05) is 84.7 Å². The maximum absolute atomic E-state index is 14.5. The number of aromatic nitrogens is 5. The Morgan fingerprint density at radius 3 is 1.84 bits per heavy atom. The zero-order valence-electron chi connectivity index (χ0n) is 51.4. The predicted octanol–water partition coefficient (Wildman–Crippen LogP) is 12.2. The van der Waals surface area contributed by atoms with Crippen molar-refractivity contribution in [1.82, 2.24) is 55.2 Å². The third kappa shape index (κ3) is 14.3. The highest BCUT2D eigenvalue weighted by Gasteiger charge is 2.41. The molecule has 4 fully saturated rings. The van der Waals surface area contributed by atoms with E-state index in [-0.39, 0.29) is 52.7 Å². The van der Waals surface area contributed by atoms with Crippen molar-refractivity contribution >= 4 is 64.4 Å². The number of rotatable bonds is 20. The lowest BCUT2D eigenvalue weighted by Gasteiger charge is -2.40.